The van der Waals surface area contributed by atoms with Crippen molar-refractivity contribution in [1.82, 2.24) is 14.7 Å². The Morgan fingerprint density at radius 3 is 2.59 bits per heavy atom. The summed E-state index contributed by atoms with van der Waals surface area (Å²) in [6.45, 7) is 10.8. The molecular weight excluding hydrogens is 342 g/mol. The Labute approximate surface area is 162 Å². The highest BCUT2D eigenvalue weighted by atomic mass is 16.5. The smallest absolute Gasteiger partial charge is 0.244 e. The topological polar surface area (TPSA) is 56.6 Å². The molecule has 2 rings (SSSR count). The van der Waals surface area contributed by atoms with Gasteiger partial charge in [-0.15, -0.1) is 0 Å². The van der Waals surface area contributed by atoms with Gasteiger partial charge in [-0.2, -0.15) is 5.10 Å². The molecule has 0 fully saturated rings. The highest BCUT2D eigenvalue weighted by Crippen LogP contribution is 2.29. The standard InChI is InChI=1S/C21H31N3O3/c1-5-10-23(21(25)16-24-14-17(4)13-22-24)15-18-8-9-19(27-11-6-2)20(12-18)26-7-3/h8-9,12-14H,5-7,10-11,15-16H2,1-4H3. The van der Waals surface area contributed by atoms with Gasteiger partial charge in [0.05, 0.1) is 19.4 Å². The second kappa shape index (κ2) is 10.6. The van der Waals surface area contributed by atoms with Gasteiger partial charge in [0.15, 0.2) is 11.5 Å². The summed E-state index contributed by atoms with van der Waals surface area (Å²) in [4.78, 5) is 14.6. The van der Waals surface area contributed by atoms with Gasteiger partial charge in [-0.05, 0) is 49.9 Å². The third-order valence-corrected chi connectivity index (χ3v) is 4.05. The fourth-order valence-corrected chi connectivity index (χ4v) is 2.82. The van der Waals surface area contributed by atoms with E-state index in [0.29, 0.717) is 26.3 Å². The lowest BCUT2D eigenvalue weighted by Crippen LogP contribution is -2.34. The van der Waals surface area contributed by atoms with Crippen molar-refractivity contribution in [3.05, 3.63) is 41.7 Å². The van der Waals surface area contributed by atoms with Crippen LogP contribution in [0.2, 0.25) is 0 Å². The molecule has 0 spiro atoms. The largest absolute Gasteiger partial charge is 0.490 e. The second-order valence-corrected chi connectivity index (χ2v) is 6.59. The summed E-state index contributed by atoms with van der Waals surface area (Å²) in [5, 5.41) is 4.22. The first-order valence-electron chi connectivity index (χ1n) is 9.72. The van der Waals surface area contributed by atoms with Crippen LogP contribution >= 0.6 is 0 Å². The van der Waals surface area contributed by atoms with Crippen molar-refractivity contribution in [3.63, 3.8) is 0 Å². The molecule has 0 aliphatic heterocycles. The van der Waals surface area contributed by atoms with Crippen LogP contribution < -0.4 is 9.47 Å². The number of nitrogens with zero attached hydrogens (tertiary/aromatic N) is 3. The average Bonchev–Trinajstić information content (AvgIpc) is 3.05. The molecule has 1 heterocycles. The molecule has 0 aliphatic carbocycles. The molecule has 1 aromatic heterocycles. The molecule has 0 saturated heterocycles. The van der Waals surface area contributed by atoms with Crippen LogP contribution in [-0.2, 0) is 17.9 Å². The van der Waals surface area contributed by atoms with E-state index in [1.165, 1.54) is 0 Å². The molecule has 0 aliphatic rings. The zero-order valence-corrected chi connectivity index (χ0v) is 16.9. The van der Waals surface area contributed by atoms with Gasteiger partial charge in [-0.1, -0.05) is 19.9 Å². The summed E-state index contributed by atoms with van der Waals surface area (Å²) in [5.41, 5.74) is 2.08. The Morgan fingerprint density at radius 1 is 1.15 bits per heavy atom. The van der Waals surface area contributed by atoms with Crippen molar-refractivity contribution in [1.29, 1.82) is 0 Å². The molecule has 0 unspecified atom stereocenters. The van der Waals surface area contributed by atoms with Crippen LogP contribution in [0.3, 0.4) is 0 Å². The number of aryl methyl sites for hydroxylation is 1. The number of amides is 1. The van der Waals surface area contributed by atoms with Crippen LogP contribution in [0, 0.1) is 6.92 Å². The van der Waals surface area contributed by atoms with E-state index in [4.69, 9.17) is 9.47 Å². The van der Waals surface area contributed by atoms with Gasteiger partial charge in [-0.25, -0.2) is 0 Å². The molecule has 6 nitrogen and oxygen atoms in total. The quantitative estimate of drug-likeness (QED) is 0.601. The minimum absolute atomic E-state index is 0.0595. The molecule has 0 radical (unpaired) electrons. The van der Waals surface area contributed by atoms with Crippen molar-refractivity contribution >= 4 is 5.91 Å². The van der Waals surface area contributed by atoms with E-state index in [0.717, 1.165) is 35.5 Å². The second-order valence-electron chi connectivity index (χ2n) is 6.59. The maximum absolute atomic E-state index is 12.7. The summed E-state index contributed by atoms with van der Waals surface area (Å²) >= 11 is 0. The molecule has 0 bridgehead atoms. The number of carbonyl (C=O) groups excluding carboxylic acids is 1. The van der Waals surface area contributed by atoms with Gasteiger partial charge in [0.2, 0.25) is 5.91 Å². The summed E-state index contributed by atoms with van der Waals surface area (Å²) in [6, 6.07) is 5.91. The van der Waals surface area contributed by atoms with Gasteiger partial charge >= 0.3 is 0 Å². The number of hydrogen-bond acceptors (Lipinski definition) is 4. The van der Waals surface area contributed by atoms with Crippen LogP contribution in [-0.4, -0.2) is 40.3 Å². The molecule has 0 atom stereocenters. The van der Waals surface area contributed by atoms with Crippen molar-refractivity contribution in [2.75, 3.05) is 19.8 Å². The van der Waals surface area contributed by atoms with E-state index in [1.807, 2.05) is 43.1 Å². The van der Waals surface area contributed by atoms with Gasteiger partial charge in [-0.3, -0.25) is 9.48 Å². The van der Waals surface area contributed by atoms with E-state index in [-0.39, 0.29) is 12.5 Å². The number of benzene rings is 1. The minimum atomic E-state index is 0.0595. The molecule has 2 aromatic rings. The van der Waals surface area contributed by atoms with E-state index in [9.17, 15) is 4.79 Å². The Bertz CT molecular complexity index is 727. The van der Waals surface area contributed by atoms with Crippen molar-refractivity contribution in [2.45, 2.75) is 53.6 Å². The van der Waals surface area contributed by atoms with E-state index in [1.54, 1.807) is 10.9 Å². The maximum Gasteiger partial charge on any atom is 0.244 e. The fourth-order valence-electron chi connectivity index (χ4n) is 2.82. The Balaban J connectivity index is 2.11. The summed E-state index contributed by atoms with van der Waals surface area (Å²) < 4.78 is 13.2. The monoisotopic (exact) mass is 373 g/mol. The van der Waals surface area contributed by atoms with Crippen LogP contribution in [0.25, 0.3) is 0 Å². The third-order valence-electron chi connectivity index (χ3n) is 4.05. The molecular formula is C21H31N3O3. The Kier molecular flexibility index (Phi) is 8.17. The lowest BCUT2D eigenvalue weighted by atomic mass is 10.1. The zero-order valence-electron chi connectivity index (χ0n) is 16.9. The molecule has 1 amide bonds. The van der Waals surface area contributed by atoms with E-state index < -0.39 is 0 Å². The first kappa shape index (κ1) is 20.8. The summed E-state index contributed by atoms with van der Waals surface area (Å²) in [7, 11) is 0. The SMILES string of the molecule is CCCOc1ccc(CN(CCC)C(=O)Cn2cc(C)cn2)cc1OCC. The summed E-state index contributed by atoms with van der Waals surface area (Å²) in [6.07, 6.45) is 5.49. The number of aromatic nitrogens is 2. The predicted molar refractivity (Wildman–Crippen MR) is 106 cm³/mol. The van der Waals surface area contributed by atoms with Crippen LogP contribution in [0.4, 0.5) is 0 Å². The van der Waals surface area contributed by atoms with Crippen molar-refractivity contribution in [3.8, 4) is 11.5 Å². The van der Waals surface area contributed by atoms with Crippen LogP contribution in [0.1, 0.15) is 44.7 Å². The molecule has 27 heavy (non-hydrogen) atoms. The lowest BCUT2D eigenvalue weighted by Gasteiger charge is -2.23. The Hall–Kier alpha value is -2.50. The number of ether oxygens (including phenoxy) is 2. The lowest BCUT2D eigenvalue weighted by molar-refractivity contribution is -0.132. The predicted octanol–water partition coefficient (Wildman–Crippen LogP) is 3.82. The van der Waals surface area contributed by atoms with Gasteiger partial charge < -0.3 is 14.4 Å². The first-order valence-corrected chi connectivity index (χ1v) is 9.72. The number of rotatable bonds is 11. The highest BCUT2D eigenvalue weighted by molar-refractivity contribution is 5.76. The first-order chi connectivity index (χ1) is 13.1. The maximum atomic E-state index is 12.7. The summed E-state index contributed by atoms with van der Waals surface area (Å²) in [5.74, 6) is 1.54. The van der Waals surface area contributed by atoms with E-state index in [2.05, 4.69) is 18.9 Å². The van der Waals surface area contributed by atoms with Crippen molar-refractivity contribution < 1.29 is 14.3 Å². The molecule has 0 N–H and O–H groups in total. The van der Waals surface area contributed by atoms with Crippen LogP contribution in [0.5, 0.6) is 11.5 Å². The zero-order chi connectivity index (χ0) is 19.6. The van der Waals surface area contributed by atoms with Crippen LogP contribution in [0.15, 0.2) is 30.6 Å². The van der Waals surface area contributed by atoms with Gasteiger partial charge in [0.1, 0.15) is 6.54 Å². The molecule has 0 saturated carbocycles. The normalized spacial score (nSPS) is 10.7. The van der Waals surface area contributed by atoms with Gasteiger partial charge in [0, 0.05) is 19.3 Å². The fraction of sp³-hybridized carbons (Fsp3) is 0.524. The van der Waals surface area contributed by atoms with Crippen molar-refractivity contribution in [2.24, 2.45) is 0 Å². The molecule has 6 heteroatoms. The highest BCUT2D eigenvalue weighted by Gasteiger charge is 2.16. The molecule has 1 aromatic carbocycles. The molecule has 148 valence electrons. The Morgan fingerprint density at radius 2 is 1.96 bits per heavy atom. The average molecular weight is 373 g/mol. The van der Waals surface area contributed by atoms with Gasteiger partial charge in [0.25, 0.3) is 0 Å². The minimum Gasteiger partial charge on any atom is -0.490 e. The number of hydrogen-bond donors (Lipinski definition) is 0. The third kappa shape index (κ3) is 6.31. The van der Waals surface area contributed by atoms with E-state index >= 15 is 0 Å². The number of carbonyl (C=O) groups is 1.